The van der Waals surface area contributed by atoms with Crippen molar-refractivity contribution >= 4 is 28.4 Å². The van der Waals surface area contributed by atoms with Gasteiger partial charge in [0.25, 0.3) is 0 Å². The van der Waals surface area contributed by atoms with Crippen molar-refractivity contribution in [2.45, 2.75) is 11.3 Å². The van der Waals surface area contributed by atoms with Crippen LogP contribution in [0, 0.1) is 0 Å². The molecule has 0 aliphatic carbocycles. The van der Waals surface area contributed by atoms with E-state index in [1.807, 2.05) is 41.3 Å². The molecule has 0 bridgehead atoms. The quantitative estimate of drug-likeness (QED) is 0.696. The average molecular weight is 400 g/mol. The SMILES string of the molecule is O=C([C@H]([AsH2])COCc1ccccc1)N1CCN(c2ccccc2)CC1. The molecule has 1 unspecified atom stereocenters. The number of rotatable bonds is 6. The van der Waals surface area contributed by atoms with Crippen LogP contribution in [0.3, 0.4) is 0 Å². The Hall–Kier alpha value is -1.77. The van der Waals surface area contributed by atoms with Gasteiger partial charge in [0.05, 0.1) is 0 Å². The maximum atomic E-state index is 12.6. The van der Waals surface area contributed by atoms with E-state index in [2.05, 4.69) is 29.2 Å². The van der Waals surface area contributed by atoms with Crippen LogP contribution in [0.25, 0.3) is 0 Å². The van der Waals surface area contributed by atoms with Gasteiger partial charge in [-0.2, -0.15) is 0 Å². The molecule has 1 saturated heterocycles. The molecule has 1 aliphatic rings. The van der Waals surface area contributed by atoms with E-state index in [9.17, 15) is 4.79 Å². The first-order valence-electron chi connectivity index (χ1n) is 8.70. The summed E-state index contributed by atoms with van der Waals surface area (Å²) in [6.07, 6.45) is 0. The van der Waals surface area contributed by atoms with Gasteiger partial charge in [0.2, 0.25) is 0 Å². The minimum absolute atomic E-state index is 0.0421. The number of hydrogen-bond acceptors (Lipinski definition) is 3. The molecule has 2 aromatic carbocycles. The summed E-state index contributed by atoms with van der Waals surface area (Å²) in [5.41, 5.74) is 2.38. The molecule has 3 rings (SSSR count). The van der Waals surface area contributed by atoms with Crippen molar-refractivity contribution in [2.24, 2.45) is 0 Å². The van der Waals surface area contributed by atoms with Crippen molar-refractivity contribution in [3.05, 3.63) is 66.2 Å². The molecule has 1 amide bonds. The van der Waals surface area contributed by atoms with E-state index in [-0.39, 0.29) is 10.6 Å². The van der Waals surface area contributed by atoms with E-state index in [0.29, 0.717) is 13.2 Å². The summed E-state index contributed by atoms with van der Waals surface area (Å²) in [5, 5.41) is 0. The van der Waals surface area contributed by atoms with Crippen LogP contribution in [0.4, 0.5) is 5.69 Å². The van der Waals surface area contributed by atoms with Crippen molar-refractivity contribution in [1.29, 1.82) is 0 Å². The molecule has 0 aromatic heterocycles. The predicted octanol–water partition coefficient (Wildman–Crippen LogP) is 1.97. The second kappa shape index (κ2) is 9.07. The molecule has 5 heteroatoms. The topological polar surface area (TPSA) is 32.8 Å². The van der Waals surface area contributed by atoms with E-state index >= 15 is 0 Å². The Morgan fingerprint density at radius 1 is 0.960 bits per heavy atom. The molecule has 1 heterocycles. The number of carbonyl (C=O) groups is 1. The fourth-order valence-corrected chi connectivity index (χ4v) is 3.74. The molecule has 0 spiro atoms. The fourth-order valence-electron chi connectivity index (χ4n) is 3.01. The number of ether oxygens (including phenoxy) is 1. The first-order valence-corrected chi connectivity index (χ1v) is 10.1. The van der Waals surface area contributed by atoms with Gasteiger partial charge in [0.1, 0.15) is 0 Å². The Kier molecular flexibility index (Phi) is 6.54. The summed E-state index contributed by atoms with van der Waals surface area (Å²) in [5.74, 6) is 0.223. The van der Waals surface area contributed by atoms with Crippen LogP contribution in [0.15, 0.2) is 60.7 Å². The van der Waals surface area contributed by atoms with Crippen LogP contribution >= 0.6 is 0 Å². The number of nitrogens with zero attached hydrogens (tertiary/aromatic N) is 2. The molecule has 1 aliphatic heterocycles. The number of para-hydroxylation sites is 1. The van der Waals surface area contributed by atoms with Crippen LogP contribution in [0.1, 0.15) is 5.56 Å². The van der Waals surface area contributed by atoms with Crippen molar-refractivity contribution < 1.29 is 9.53 Å². The van der Waals surface area contributed by atoms with Gasteiger partial charge < -0.3 is 0 Å². The molecular formula is C20H25AsN2O2. The number of carbonyl (C=O) groups excluding carboxylic acids is 1. The van der Waals surface area contributed by atoms with Crippen molar-refractivity contribution in [3.8, 4) is 0 Å². The Morgan fingerprint density at radius 3 is 2.20 bits per heavy atom. The van der Waals surface area contributed by atoms with Crippen LogP contribution in [0.2, 0.25) is 4.71 Å². The predicted molar refractivity (Wildman–Crippen MR) is 104 cm³/mol. The molecule has 4 nitrogen and oxygen atoms in total. The number of piperazine rings is 1. The molecular weight excluding hydrogens is 375 g/mol. The van der Waals surface area contributed by atoms with Gasteiger partial charge in [-0.1, -0.05) is 0 Å². The van der Waals surface area contributed by atoms with Crippen LogP contribution in [-0.2, 0) is 16.1 Å². The van der Waals surface area contributed by atoms with E-state index in [0.717, 1.165) is 31.7 Å². The standard InChI is InChI=1S/C20H25AsN2O2/c21-19(16-25-15-17-7-3-1-4-8-17)20(24)23-13-11-22(12-14-23)18-9-5-2-6-10-18/h1-10,19H,11-16,21H2/t19-/m1/s1. The summed E-state index contributed by atoms with van der Waals surface area (Å²) in [6, 6.07) is 20.5. The monoisotopic (exact) mass is 400 g/mol. The number of amides is 1. The van der Waals surface area contributed by atoms with Crippen molar-refractivity contribution in [2.75, 3.05) is 37.7 Å². The molecule has 2 aromatic rings. The molecule has 1 fully saturated rings. The summed E-state index contributed by atoms with van der Waals surface area (Å²) in [6.45, 7) is 4.41. The van der Waals surface area contributed by atoms with Crippen LogP contribution < -0.4 is 4.90 Å². The zero-order valence-corrected chi connectivity index (χ0v) is 16.8. The van der Waals surface area contributed by atoms with Gasteiger partial charge in [-0.25, -0.2) is 0 Å². The molecule has 0 N–H and O–H groups in total. The molecule has 25 heavy (non-hydrogen) atoms. The number of anilines is 1. The summed E-state index contributed by atoms with van der Waals surface area (Å²) >= 11 is 1.45. The second-order valence-corrected chi connectivity index (χ2v) is 7.94. The van der Waals surface area contributed by atoms with Gasteiger partial charge in [-0.3, -0.25) is 0 Å². The third-order valence-electron chi connectivity index (χ3n) is 4.44. The van der Waals surface area contributed by atoms with Crippen LogP contribution in [-0.4, -0.2) is 60.4 Å². The van der Waals surface area contributed by atoms with Gasteiger partial charge in [0, 0.05) is 0 Å². The molecule has 0 saturated carbocycles. The summed E-state index contributed by atoms with van der Waals surface area (Å²) < 4.78 is 5.70. The Bertz CT molecular complexity index is 658. The van der Waals surface area contributed by atoms with Gasteiger partial charge in [0.15, 0.2) is 0 Å². The fraction of sp³-hybridized carbons (Fsp3) is 0.350. The molecule has 0 radical (unpaired) electrons. The van der Waals surface area contributed by atoms with Gasteiger partial charge >= 0.3 is 158 Å². The summed E-state index contributed by atoms with van der Waals surface area (Å²) in [4.78, 5) is 16.9. The van der Waals surface area contributed by atoms with E-state index in [1.54, 1.807) is 0 Å². The Morgan fingerprint density at radius 2 is 1.56 bits per heavy atom. The van der Waals surface area contributed by atoms with Gasteiger partial charge in [-0.05, 0) is 0 Å². The number of hydrogen-bond donors (Lipinski definition) is 0. The minimum atomic E-state index is -0.0421. The number of benzene rings is 2. The Labute approximate surface area is 158 Å². The molecule has 2 atom stereocenters. The average Bonchev–Trinajstić information content (AvgIpc) is 2.69. The third-order valence-corrected chi connectivity index (χ3v) is 5.44. The van der Waals surface area contributed by atoms with E-state index in [1.165, 1.54) is 22.5 Å². The molecule has 132 valence electrons. The second-order valence-electron chi connectivity index (χ2n) is 6.26. The first kappa shape index (κ1) is 18.0. The van der Waals surface area contributed by atoms with Gasteiger partial charge in [-0.15, -0.1) is 0 Å². The first-order chi connectivity index (χ1) is 12.2. The van der Waals surface area contributed by atoms with E-state index in [4.69, 9.17) is 4.74 Å². The van der Waals surface area contributed by atoms with Crippen molar-refractivity contribution in [3.63, 3.8) is 0 Å². The Balaban J connectivity index is 1.42. The van der Waals surface area contributed by atoms with Crippen LogP contribution in [0.5, 0.6) is 0 Å². The zero-order valence-electron chi connectivity index (χ0n) is 14.4. The van der Waals surface area contributed by atoms with E-state index < -0.39 is 0 Å². The normalized spacial score (nSPS) is 15.9. The zero-order chi connectivity index (χ0) is 17.5. The third kappa shape index (κ3) is 5.10. The maximum absolute atomic E-state index is 12.6. The summed E-state index contributed by atoms with van der Waals surface area (Å²) in [7, 11) is 0. The van der Waals surface area contributed by atoms with Crippen molar-refractivity contribution in [1.82, 2.24) is 4.90 Å².